The van der Waals surface area contributed by atoms with Crippen LogP contribution in [-0.2, 0) is 14.3 Å². The highest BCUT2D eigenvalue weighted by Gasteiger charge is 2.03. The second kappa shape index (κ2) is 8.01. The molecule has 0 heterocycles. The maximum absolute atomic E-state index is 10.9. The third-order valence-corrected chi connectivity index (χ3v) is 1.59. The molecular formula is C8H14ClNO3. The van der Waals surface area contributed by atoms with Crippen LogP contribution in [-0.4, -0.2) is 31.4 Å². The van der Waals surface area contributed by atoms with Crippen LogP contribution in [0.2, 0.25) is 0 Å². The number of hydrogen-bond donors (Lipinski definition) is 1. The summed E-state index contributed by atoms with van der Waals surface area (Å²) in [6, 6.07) is 0. The van der Waals surface area contributed by atoms with Crippen molar-refractivity contribution in [3.63, 3.8) is 0 Å². The van der Waals surface area contributed by atoms with E-state index in [1.807, 2.05) is 0 Å². The molecule has 0 aromatic heterocycles. The van der Waals surface area contributed by atoms with Crippen LogP contribution in [0.5, 0.6) is 0 Å². The van der Waals surface area contributed by atoms with Crippen molar-refractivity contribution < 1.29 is 14.3 Å². The fourth-order valence-electron chi connectivity index (χ4n) is 0.745. The van der Waals surface area contributed by atoms with E-state index < -0.39 is 5.24 Å². The molecule has 0 aromatic rings. The summed E-state index contributed by atoms with van der Waals surface area (Å²) in [5, 5.41) is 2.16. The number of rotatable bonds is 7. The summed E-state index contributed by atoms with van der Waals surface area (Å²) in [5.41, 5.74) is 0. The van der Waals surface area contributed by atoms with E-state index in [1.54, 1.807) is 7.11 Å². The standard InChI is InChI=1S/C8H14ClNO3/c1-13-6-2-5-10-8(12)4-3-7(9)11/h2-6H2,1H3,(H,10,12). The second-order valence-electron chi connectivity index (χ2n) is 2.55. The van der Waals surface area contributed by atoms with E-state index in [2.05, 4.69) is 5.32 Å². The molecule has 0 saturated carbocycles. The van der Waals surface area contributed by atoms with Crippen molar-refractivity contribution in [2.45, 2.75) is 19.3 Å². The minimum atomic E-state index is -0.480. The van der Waals surface area contributed by atoms with Gasteiger partial charge in [-0.2, -0.15) is 0 Å². The zero-order valence-corrected chi connectivity index (χ0v) is 8.39. The van der Waals surface area contributed by atoms with Crippen LogP contribution in [0.1, 0.15) is 19.3 Å². The van der Waals surface area contributed by atoms with E-state index in [1.165, 1.54) is 0 Å². The Kier molecular flexibility index (Phi) is 7.63. The summed E-state index contributed by atoms with van der Waals surface area (Å²) in [4.78, 5) is 21.2. The van der Waals surface area contributed by atoms with Gasteiger partial charge in [0.2, 0.25) is 11.1 Å². The molecule has 0 aliphatic carbocycles. The molecular weight excluding hydrogens is 194 g/mol. The summed E-state index contributed by atoms with van der Waals surface area (Å²) in [6.45, 7) is 1.19. The smallest absolute Gasteiger partial charge is 0.222 e. The number of carbonyl (C=O) groups is 2. The van der Waals surface area contributed by atoms with E-state index in [-0.39, 0.29) is 18.7 Å². The lowest BCUT2D eigenvalue weighted by atomic mass is 10.3. The van der Waals surface area contributed by atoms with Gasteiger partial charge in [0.1, 0.15) is 0 Å². The molecule has 1 N–H and O–H groups in total. The number of ether oxygens (including phenoxy) is 1. The van der Waals surface area contributed by atoms with Gasteiger partial charge in [-0.3, -0.25) is 9.59 Å². The van der Waals surface area contributed by atoms with Crippen LogP contribution in [0.15, 0.2) is 0 Å². The fraction of sp³-hybridized carbons (Fsp3) is 0.750. The van der Waals surface area contributed by atoms with E-state index in [4.69, 9.17) is 16.3 Å². The number of carbonyl (C=O) groups excluding carboxylic acids is 2. The first kappa shape index (κ1) is 12.4. The molecule has 0 saturated heterocycles. The predicted octanol–water partition coefficient (Wildman–Crippen LogP) is 0.685. The van der Waals surface area contributed by atoms with Gasteiger partial charge < -0.3 is 10.1 Å². The second-order valence-corrected chi connectivity index (χ2v) is 2.97. The van der Waals surface area contributed by atoms with Crippen LogP contribution < -0.4 is 5.32 Å². The van der Waals surface area contributed by atoms with Gasteiger partial charge in [0.25, 0.3) is 0 Å². The fourth-order valence-corrected chi connectivity index (χ4v) is 0.839. The van der Waals surface area contributed by atoms with Gasteiger partial charge in [-0.05, 0) is 18.0 Å². The van der Waals surface area contributed by atoms with E-state index in [0.717, 1.165) is 6.42 Å². The Morgan fingerprint density at radius 2 is 2.08 bits per heavy atom. The van der Waals surface area contributed by atoms with Gasteiger partial charge >= 0.3 is 0 Å². The Balaban J connectivity index is 3.25. The van der Waals surface area contributed by atoms with Gasteiger partial charge in [-0.1, -0.05) is 0 Å². The first-order valence-electron chi connectivity index (χ1n) is 4.10. The summed E-state index contributed by atoms with van der Waals surface area (Å²) in [5.74, 6) is -0.148. The Hall–Kier alpha value is -0.610. The van der Waals surface area contributed by atoms with Crippen molar-refractivity contribution in [1.29, 1.82) is 0 Å². The van der Waals surface area contributed by atoms with Gasteiger partial charge in [0.15, 0.2) is 0 Å². The van der Waals surface area contributed by atoms with Crippen molar-refractivity contribution in [1.82, 2.24) is 5.32 Å². The molecule has 0 fully saturated rings. The molecule has 0 spiro atoms. The van der Waals surface area contributed by atoms with Gasteiger partial charge in [-0.25, -0.2) is 0 Å². The Labute approximate surface area is 82.6 Å². The highest BCUT2D eigenvalue weighted by molar-refractivity contribution is 6.63. The Bertz CT molecular complexity index is 173. The molecule has 0 aromatic carbocycles. The molecule has 0 unspecified atom stereocenters. The molecule has 5 heteroatoms. The third-order valence-electron chi connectivity index (χ3n) is 1.40. The quantitative estimate of drug-likeness (QED) is 0.494. The van der Waals surface area contributed by atoms with Gasteiger partial charge in [0, 0.05) is 33.1 Å². The largest absolute Gasteiger partial charge is 0.385 e. The molecule has 0 bridgehead atoms. The lowest BCUT2D eigenvalue weighted by Gasteiger charge is -2.02. The van der Waals surface area contributed by atoms with Crippen LogP contribution in [0.25, 0.3) is 0 Å². The first-order valence-corrected chi connectivity index (χ1v) is 4.48. The van der Waals surface area contributed by atoms with Crippen molar-refractivity contribution in [3.05, 3.63) is 0 Å². The average molecular weight is 208 g/mol. The molecule has 76 valence electrons. The summed E-state index contributed by atoms with van der Waals surface area (Å²) in [6.07, 6.45) is 1.03. The topological polar surface area (TPSA) is 55.4 Å². The van der Waals surface area contributed by atoms with E-state index in [0.29, 0.717) is 13.2 Å². The lowest BCUT2D eigenvalue weighted by Crippen LogP contribution is -2.25. The molecule has 0 rings (SSSR count). The molecule has 4 nitrogen and oxygen atoms in total. The van der Waals surface area contributed by atoms with Crippen LogP contribution >= 0.6 is 11.6 Å². The first-order chi connectivity index (χ1) is 6.16. The van der Waals surface area contributed by atoms with E-state index in [9.17, 15) is 9.59 Å². The number of methoxy groups -OCH3 is 1. The van der Waals surface area contributed by atoms with Crippen LogP contribution in [0.3, 0.4) is 0 Å². The number of nitrogens with one attached hydrogen (secondary N) is 1. The van der Waals surface area contributed by atoms with Crippen LogP contribution in [0, 0.1) is 0 Å². The van der Waals surface area contributed by atoms with Crippen molar-refractivity contribution in [3.8, 4) is 0 Å². The predicted molar refractivity (Wildman–Crippen MR) is 49.6 cm³/mol. The maximum Gasteiger partial charge on any atom is 0.222 e. The minimum Gasteiger partial charge on any atom is -0.385 e. The maximum atomic E-state index is 10.9. The molecule has 0 atom stereocenters. The number of hydrogen-bond acceptors (Lipinski definition) is 3. The number of halogens is 1. The zero-order valence-electron chi connectivity index (χ0n) is 7.64. The zero-order chi connectivity index (χ0) is 10.1. The van der Waals surface area contributed by atoms with Crippen molar-refractivity contribution in [2.24, 2.45) is 0 Å². The molecule has 0 aliphatic heterocycles. The number of amides is 1. The molecule has 0 aliphatic rings. The highest BCUT2D eigenvalue weighted by atomic mass is 35.5. The van der Waals surface area contributed by atoms with Gasteiger partial charge in [0.05, 0.1) is 0 Å². The summed E-state index contributed by atoms with van der Waals surface area (Å²) >= 11 is 5.07. The highest BCUT2D eigenvalue weighted by Crippen LogP contribution is 1.94. The SMILES string of the molecule is COCCCNC(=O)CCC(=O)Cl. The normalized spacial score (nSPS) is 9.69. The molecule has 0 radical (unpaired) electrons. The lowest BCUT2D eigenvalue weighted by molar-refractivity contribution is -0.123. The van der Waals surface area contributed by atoms with E-state index >= 15 is 0 Å². The monoisotopic (exact) mass is 207 g/mol. The molecule has 1 amide bonds. The Morgan fingerprint density at radius 3 is 2.62 bits per heavy atom. The average Bonchev–Trinajstić information content (AvgIpc) is 2.09. The summed E-state index contributed by atoms with van der Waals surface area (Å²) < 4.78 is 4.80. The summed E-state index contributed by atoms with van der Waals surface area (Å²) in [7, 11) is 1.61. The van der Waals surface area contributed by atoms with Crippen LogP contribution in [0.4, 0.5) is 0 Å². The minimum absolute atomic E-state index is 0.0949. The Morgan fingerprint density at radius 1 is 1.38 bits per heavy atom. The molecule has 13 heavy (non-hydrogen) atoms. The van der Waals surface area contributed by atoms with Crippen molar-refractivity contribution in [2.75, 3.05) is 20.3 Å². The van der Waals surface area contributed by atoms with Crippen molar-refractivity contribution >= 4 is 22.8 Å². The van der Waals surface area contributed by atoms with Gasteiger partial charge in [-0.15, -0.1) is 0 Å². The third kappa shape index (κ3) is 9.30.